The maximum Gasteiger partial charge on any atom is 0.347 e. The molecular formula is C21H17NO4. The number of benzene rings is 2. The molecule has 4 rings (SSSR count). The second kappa shape index (κ2) is 6.59. The highest BCUT2D eigenvalue weighted by Gasteiger charge is 2.31. The van der Waals surface area contributed by atoms with E-state index in [4.69, 9.17) is 9.47 Å². The third-order valence-electron chi connectivity index (χ3n) is 4.42. The largest absolute Gasteiger partial charge is 0.463 e. The van der Waals surface area contributed by atoms with Crippen LogP contribution in [0, 0.1) is 6.92 Å². The van der Waals surface area contributed by atoms with Gasteiger partial charge in [-0.1, -0.05) is 48.0 Å². The minimum absolute atomic E-state index is 0.280. The zero-order chi connectivity index (χ0) is 18.1. The summed E-state index contributed by atoms with van der Waals surface area (Å²) in [5.41, 5.74) is 3.84. The first-order valence-corrected chi connectivity index (χ1v) is 8.46. The molecule has 2 heterocycles. The van der Waals surface area contributed by atoms with E-state index in [9.17, 15) is 9.59 Å². The van der Waals surface area contributed by atoms with Crippen LogP contribution in [-0.2, 0) is 14.3 Å². The van der Waals surface area contributed by atoms with Crippen molar-refractivity contribution in [3.63, 3.8) is 0 Å². The summed E-state index contributed by atoms with van der Waals surface area (Å²) in [7, 11) is 0. The molecule has 0 saturated carbocycles. The predicted molar refractivity (Wildman–Crippen MR) is 96.7 cm³/mol. The van der Waals surface area contributed by atoms with Gasteiger partial charge in [-0.3, -0.25) is 0 Å². The first-order chi connectivity index (χ1) is 12.6. The van der Waals surface area contributed by atoms with E-state index in [1.807, 2.05) is 55.5 Å². The fraction of sp³-hybridized carbons (Fsp3) is 0.190. The van der Waals surface area contributed by atoms with Crippen LogP contribution in [0.5, 0.6) is 0 Å². The Hall–Kier alpha value is -3.21. The van der Waals surface area contributed by atoms with Gasteiger partial charge in [0, 0.05) is 17.4 Å². The second-order valence-electron chi connectivity index (χ2n) is 6.29. The van der Waals surface area contributed by atoms with E-state index in [2.05, 4.69) is 4.98 Å². The molecule has 1 saturated heterocycles. The van der Waals surface area contributed by atoms with Crippen LogP contribution in [0.4, 0.5) is 0 Å². The average molecular weight is 347 g/mol. The van der Waals surface area contributed by atoms with E-state index in [0.717, 1.165) is 11.1 Å². The number of esters is 2. The molecule has 0 radical (unpaired) electrons. The number of aryl methyl sites for hydroxylation is 1. The van der Waals surface area contributed by atoms with Gasteiger partial charge in [0.15, 0.2) is 0 Å². The third-order valence-corrected chi connectivity index (χ3v) is 4.42. The maximum atomic E-state index is 12.7. The van der Waals surface area contributed by atoms with Crippen molar-refractivity contribution >= 4 is 22.8 Å². The van der Waals surface area contributed by atoms with E-state index in [-0.39, 0.29) is 6.61 Å². The summed E-state index contributed by atoms with van der Waals surface area (Å²) in [4.78, 5) is 29.0. The Morgan fingerprint density at radius 1 is 1.15 bits per heavy atom. The number of carbonyl (C=O) groups is 2. The molecule has 0 bridgehead atoms. The number of ether oxygens (including phenoxy) is 2. The fourth-order valence-electron chi connectivity index (χ4n) is 2.99. The Kier molecular flexibility index (Phi) is 4.13. The van der Waals surface area contributed by atoms with Crippen molar-refractivity contribution < 1.29 is 19.1 Å². The van der Waals surface area contributed by atoms with Gasteiger partial charge in [-0.15, -0.1) is 0 Å². The van der Waals surface area contributed by atoms with Crippen molar-refractivity contribution in [1.29, 1.82) is 0 Å². The smallest absolute Gasteiger partial charge is 0.347 e. The zero-order valence-electron chi connectivity index (χ0n) is 14.3. The standard InChI is InChI=1S/C21H17NO4/c1-13-6-8-14(9-7-13)18-12-16(15-4-2-3-5-17(15)22-18)20(23)26-19-10-11-25-21(19)24/h2-9,12,19H,10-11H2,1H3/t19-/m0/s1. The minimum Gasteiger partial charge on any atom is -0.463 e. The van der Waals surface area contributed by atoms with E-state index in [1.165, 1.54) is 0 Å². The molecule has 3 aromatic rings. The van der Waals surface area contributed by atoms with Crippen LogP contribution in [0.15, 0.2) is 54.6 Å². The Morgan fingerprint density at radius 3 is 2.65 bits per heavy atom. The summed E-state index contributed by atoms with van der Waals surface area (Å²) < 4.78 is 10.3. The van der Waals surface area contributed by atoms with Gasteiger partial charge in [0.1, 0.15) is 0 Å². The summed E-state index contributed by atoms with van der Waals surface area (Å²) >= 11 is 0. The number of aromatic nitrogens is 1. The molecular weight excluding hydrogens is 330 g/mol. The molecule has 1 aliphatic rings. The van der Waals surface area contributed by atoms with Gasteiger partial charge in [-0.25, -0.2) is 14.6 Å². The second-order valence-corrected chi connectivity index (χ2v) is 6.29. The number of fused-ring (bicyclic) bond motifs is 1. The van der Waals surface area contributed by atoms with Crippen LogP contribution in [0.25, 0.3) is 22.2 Å². The van der Waals surface area contributed by atoms with Gasteiger partial charge in [0.2, 0.25) is 6.10 Å². The highest BCUT2D eigenvalue weighted by molar-refractivity contribution is 6.05. The highest BCUT2D eigenvalue weighted by atomic mass is 16.6. The van der Waals surface area contributed by atoms with Crippen molar-refractivity contribution in [2.75, 3.05) is 6.61 Å². The number of nitrogens with zero attached hydrogens (tertiary/aromatic N) is 1. The summed E-state index contributed by atoms with van der Waals surface area (Å²) in [6, 6.07) is 17.0. The number of para-hydroxylation sites is 1. The lowest BCUT2D eigenvalue weighted by molar-refractivity contribution is -0.145. The Bertz CT molecular complexity index is 995. The third kappa shape index (κ3) is 3.04. The minimum atomic E-state index is -0.836. The molecule has 5 nitrogen and oxygen atoms in total. The van der Waals surface area contributed by atoms with Gasteiger partial charge in [0.05, 0.1) is 23.4 Å². The number of hydrogen-bond donors (Lipinski definition) is 0. The molecule has 0 N–H and O–H groups in total. The lowest BCUT2D eigenvalue weighted by Gasteiger charge is -2.12. The van der Waals surface area contributed by atoms with Crippen molar-refractivity contribution in [2.24, 2.45) is 0 Å². The molecule has 0 amide bonds. The van der Waals surface area contributed by atoms with Crippen LogP contribution in [0.1, 0.15) is 22.3 Å². The summed E-state index contributed by atoms with van der Waals surface area (Å²) in [5, 5.41) is 0.694. The summed E-state index contributed by atoms with van der Waals surface area (Å²) in [6.07, 6.45) is -0.449. The number of cyclic esters (lactones) is 1. The number of carbonyl (C=O) groups excluding carboxylic acids is 2. The molecule has 1 fully saturated rings. The molecule has 0 unspecified atom stereocenters. The molecule has 0 spiro atoms. The van der Waals surface area contributed by atoms with Gasteiger partial charge in [0.25, 0.3) is 0 Å². The van der Waals surface area contributed by atoms with Crippen LogP contribution in [0.3, 0.4) is 0 Å². The normalized spacial score (nSPS) is 16.5. The van der Waals surface area contributed by atoms with Gasteiger partial charge in [-0.2, -0.15) is 0 Å². The van der Waals surface area contributed by atoms with Crippen molar-refractivity contribution in [3.8, 4) is 11.3 Å². The van der Waals surface area contributed by atoms with Crippen LogP contribution in [0.2, 0.25) is 0 Å². The maximum absolute atomic E-state index is 12.7. The summed E-state index contributed by atoms with van der Waals surface area (Å²) in [6.45, 7) is 2.30. The van der Waals surface area contributed by atoms with E-state index in [0.29, 0.717) is 28.6 Å². The topological polar surface area (TPSA) is 65.5 Å². The number of pyridine rings is 1. The van der Waals surface area contributed by atoms with Crippen LogP contribution >= 0.6 is 0 Å². The highest BCUT2D eigenvalue weighted by Crippen LogP contribution is 2.26. The van der Waals surface area contributed by atoms with Gasteiger partial charge >= 0.3 is 11.9 Å². The molecule has 1 atom stereocenters. The van der Waals surface area contributed by atoms with Gasteiger partial charge in [-0.05, 0) is 19.1 Å². The molecule has 5 heteroatoms. The Labute approximate surface area is 150 Å². The Morgan fingerprint density at radius 2 is 1.92 bits per heavy atom. The predicted octanol–water partition coefficient (Wildman–Crippen LogP) is 3.68. The first kappa shape index (κ1) is 16.3. The SMILES string of the molecule is Cc1ccc(-c2cc(C(=O)O[C@H]3CCOC3=O)c3ccccc3n2)cc1. The molecule has 2 aromatic carbocycles. The molecule has 1 aromatic heterocycles. The lowest BCUT2D eigenvalue weighted by Crippen LogP contribution is -2.23. The van der Waals surface area contributed by atoms with E-state index < -0.39 is 18.0 Å². The zero-order valence-corrected chi connectivity index (χ0v) is 14.3. The van der Waals surface area contributed by atoms with E-state index >= 15 is 0 Å². The Balaban J connectivity index is 1.78. The van der Waals surface area contributed by atoms with Crippen molar-refractivity contribution in [1.82, 2.24) is 4.98 Å². The number of hydrogen-bond acceptors (Lipinski definition) is 5. The molecule has 0 aliphatic carbocycles. The molecule has 130 valence electrons. The molecule has 1 aliphatic heterocycles. The fourth-order valence-corrected chi connectivity index (χ4v) is 2.99. The van der Waals surface area contributed by atoms with Crippen molar-refractivity contribution in [3.05, 3.63) is 65.7 Å². The monoisotopic (exact) mass is 347 g/mol. The average Bonchev–Trinajstić information content (AvgIpc) is 3.06. The lowest BCUT2D eigenvalue weighted by atomic mass is 10.0. The van der Waals surface area contributed by atoms with E-state index in [1.54, 1.807) is 6.07 Å². The van der Waals surface area contributed by atoms with Crippen LogP contribution < -0.4 is 0 Å². The van der Waals surface area contributed by atoms with Crippen LogP contribution in [-0.4, -0.2) is 29.6 Å². The quantitative estimate of drug-likeness (QED) is 0.676. The van der Waals surface area contributed by atoms with Crippen molar-refractivity contribution in [2.45, 2.75) is 19.4 Å². The molecule has 26 heavy (non-hydrogen) atoms. The summed E-state index contributed by atoms with van der Waals surface area (Å²) in [5.74, 6) is -1.03. The number of rotatable bonds is 3. The van der Waals surface area contributed by atoms with Gasteiger partial charge < -0.3 is 9.47 Å². The first-order valence-electron chi connectivity index (χ1n) is 8.46.